The number of pyridine rings is 1. The number of aromatic nitrogens is 4. The first kappa shape index (κ1) is 16.6. The van der Waals surface area contributed by atoms with Crippen molar-refractivity contribution in [1.29, 1.82) is 0 Å². The predicted octanol–water partition coefficient (Wildman–Crippen LogP) is 2.64. The summed E-state index contributed by atoms with van der Waals surface area (Å²) < 4.78 is 23.7. The van der Waals surface area contributed by atoms with Crippen LogP contribution < -0.4 is 5.32 Å². The van der Waals surface area contributed by atoms with Gasteiger partial charge in [-0.05, 0) is 33.6 Å². The Labute approximate surface area is 147 Å². The third kappa shape index (κ3) is 3.98. The lowest BCUT2D eigenvalue weighted by Gasteiger charge is -2.06. The van der Waals surface area contributed by atoms with Gasteiger partial charge in [0.05, 0.1) is 5.69 Å². The summed E-state index contributed by atoms with van der Waals surface area (Å²) in [5.41, 5.74) is 2.52. The van der Waals surface area contributed by atoms with Crippen molar-refractivity contribution < 1.29 is 8.42 Å². The minimum Gasteiger partial charge on any atom is -0.350 e. The van der Waals surface area contributed by atoms with Gasteiger partial charge < -0.3 is 5.32 Å². The first-order chi connectivity index (χ1) is 11.4. The first-order valence-electron chi connectivity index (χ1n) is 7.00. The second-order valence-corrected chi connectivity index (χ2v) is 7.81. The van der Waals surface area contributed by atoms with E-state index in [9.17, 15) is 8.42 Å². The van der Waals surface area contributed by atoms with Crippen molar-refractivity contribution in [3.8, 4) is 11.3 Å². The normalized spacial score (nSPS) is 11.4. The van der Waals surface area contributed by atoms with Crippen molar-refractivity contribution in [2.24, 2.45) is 0 Å². The molecule has 0 aliphatic rings. The highest BCUT2D eigenvalue weighted by atomic mass is 79.9. The van der Waals surface area contributed by atoms with Crippen LogP contribution in [0.5, 0.6) is 0 Å². The number of nitrogens with zero attached hydrogens (tertiary/aromatic N) is 3. The summed E-state index contributed by atoms with van der Waals surface area (Å²) >= 11 is 3.17. The average molecular weight is 408 g/mol. The number of nitrogens with one attached hydrogen (secondary N) is 2. The molecule has 2 N–H and O–H groups in total. The topological polar surface area (TPSA) is 101 Å². The van der Waals surface area contributed by atoms with Crippen LogP contribution in [0.3, 0.4) is 0 Å². The maximum Gasteiger partial charge on any atom is 0.219 e. The van der Waals surface area contributed by atoms with Crippen LogP contribution in [0.2, 0.25) is 0 Å². The lowest BCUT2D eigenvalue weighted by molar-refractivity contribution is 0.598. The van der Waals surface area contributed by atoms with Gasteiger partial charge in [-0.2, -0.15) is 4.98 Å². The van der Waals surface area contributed by atoms with Crippen LogP contribution in [0.4, 0.5) is 5.95 Å². The Morgan fingerprint density at radius 2 is 1.88 bits per heavy atom. The molecule has 3 rings (SSSR count). The molecule has 0 bridgehead atoms. The Kier molecular flexibility index (Phi) is 4.63. The molecule has 0 aliphatic carbocycles. The Bertz CT molecular complexity index is 954. The van der Waals surface area contributed by atoms with Gasteiger partial charge in [-0.3, -0.25) is 0 Å². The number of halogens is 1. The number of benzene rings is 1. The van der Waals surface area contributed by atoms with Gasteiger partial charge in [0.1, 0.15) is 0 Å². The summed E-state index contributed by atoms with van der Waals surface area (Å²) in [7, 11) is -3.32. The molecule has 7 nitrogen and oxygen atoms in total. The molecule has 2 heterocycles. The summed E-state index contributed by atoms with van der Waals surface area (Å²) in [5, 5.41) is 9.81. The molecule has 9 heteroatoms. The zero-order valence-electron chi connectivity index (χ0n) is 12.7. The Hall–Kier alpha value is -2.26. The van der Waals surface area contributed by atoms with Crippen LogP contribution >= 0.6 is 15.9 Å². The fraction of sp³-hybridized carbons (Fsp3) is 0.133. The standard InChI is InChI=1S/C15H14BrN5O2S/c1-24(22,23)13-4-2-3-12(18-13)11-7-5-10(6-8-11)9-17-15-19-14(16)20-21-15/h2-8H,9H2,1H3,(H2,17,19,20,21). The average Bonchev–Trinajstić information content (AvgIpc) is 2.98. The number of hydrogen-bond acceptors (Lipinski definition) is 6. The maximum atomic E-state index is 11.6. The molecule has 24 heavy (non-hydrogen) atoms. The molecule has 0 aliphatic heterocycles. The SMILES string of the molecule is CS(=O)(=O)c1cccc(-c2ccc(CNc3nc(Br)n[nH]3)cc2)n1. The number of aromatic amines is 1. The van der Waals surface area contributed by atoms with E-state index >= 15 is 0 Å². The predicted molar refractivity (Wildman–Crippen MR) is 94.2 cm³/mol. The molecule has 2 aromatic heterocycles. The summed E-state index contributed by atoms with van der Waals surface area (Å²) in [6.45, 7) is 0.582. The van der Waals surface area contributed by atoms with E-state index in [0.717, 1.165) is 17.4 Å². The fourth-order valence-corrected chi connectivity index (χ4v) is 2.94. The van der Waals surface area contributed by atoms with E-state index in [1.165, 1.54) is 6.07 Å². The largest absolute Gasteiger partial charge is 0.350 e. The van der Waals surface area contributed by atoms with Gasteiger partial charge in [0.2, 0.25) is 10.7 Å². The van der Waals surface area contributed by atoms with Crippen molar-refractivity contribution in [2.75, 3.05) is 11.6 Å². The molecule has 0 fully saturated rings. The Morgan fingerprint density at radius 3 is 2.50 bits per heavy atom. The van der Waals surface area contributed by atoms with Crippen LogP contribution in [0.1, 0.15) is 5.56 Å². The number of hydrogen-bond donors (Lipinski definition) is 2. The van der Waals surface area contributed by atoms with E-state index in [2.05, 4.69) is 41.4 Å². The van der Waals surface area contributed by atoms with Crippen LogP contribution in [0, 0.1) is 0 Å². The van der Waals surface area contributed by atoms with Gasteiger partial charge in [0, 0.05) is 18.4 Å². The van der Waals surface area contributed by atoms with Crippen molar-refractivity contribution in [2.45, 2.75) is 11.6 Å². The van der Waals surface area contributed by atoms with E-state index in [1.807, 2.05) is 24.3 Å². The quantitative estimate of drug-likeness (QED) is 0.673. The van der Waals surface area contributed by atoms with Crippen LogP contribution in [0.15, 0.2) is 52.2 Å². The minimum atomic E-state index is -3.32. The van der Waals surface area contributed by atoms with Gasteiger partial charge in [-0.15, -0.1) is 5.10 Å². The molecule has 0 amide bonds. The second-order valence-electron chi connectivity index (χ2n) is 5.14. The molecular weight excluding hydrogens is 394 g/mol. The van der Waals surface area contributed by atoms with Crippen molar-refractivity contribution in [1.82, 2.24) is 20.2 Å². The fourth-order valence-electron chi connectivity index (χ4n) is 2.08. The van der Waals surface area contributed by atoms with E-state index in [1.54, 1.807) is 12.1 Å². The molecule has 0 saturated heterocycles. The van der Waals surface area contributed by atoms with Crippen LogP contribution in [-0.2, 0) is 16.4 Å². The Balaban J connectivity index is 1.75. The lowest BCUT2D eigenvalue weighted by Crippen LogP contribution is -2.02. The zero-order valence-corrected chi connectivity index (χ0v) is 15.1. The molecular formula is C15H14BrN5O2S. The zero-order chi connectivity index (χ0) is 17.2. The molecule has 0 spiro atoms. The Morgan fingerprint density at radius 1 is 1.12 bits per heavy atom. The molecule has 1 aromatic carbocycles. The third-order valence-electron chi connectivity index (χ3n) is 3.27. The minimum absolute atomic E-state index is 0.0710. The highest BCUT2D eigenvalue weighted by Gasteiger charge is 2.10. The molecule has 3 aromatic rings. The van der Waals surface area contributed by atoms with E-state index in [-0.39, 0.29) is 5.03 Å². The van der Waals surface area contributed by atoms with Crippen molar-refractivity contribution in [3.05, 3.63) is 52.8 Å². The number of sulfone groups is 1. The maximum absolute atomic E-state index is 11.6. The molecule has 0 radical (unpaired) electrons. The van der Waals surface area contributed by atoms with E-state index < -0.39 is 9.84 Å². The summed E-state index contributed by atoms with van der Waals surface area (Å²) in [4.78, 5) is 8.30. The van der Waals surface area contributed by atoms with Gasteiger partial charge in [0.15, 0.2) is 14.9 Å². The van der Waals surface area contributed by atoms with E-state index in [0.29, 0.717) is 22.9 Å². The van der Waals surface area contributed by atoms with Gasteiger partial charge in [-0.25, -0.2) is 18.5 Å². The lowest BCUT2D eigenvalue weighted by atomic mass is 10.1. The smallest absolute Gasteiger partial charge is 0.219 e. The van der Waals surface area contributed by atoms with Gasteiger partial charge in [0.25, 0.3) is 0 Å². The first-order valence-corrected chi connectivity index (χ1v) is 9.68. The molecule has 0 atom stereocenters. The van der Waals surface area contributed by atoms with Crippen molar-refractivity contribution in [3.63, 3.8) is 0 Å². The highest BCUT2D eigenvalue weighted by molar-refractivity contribution is 9.10. The monoisotopic (exact) mass is 407 g/mol. The van der Waals surface area contributed by atoms with Crippen molar-refractivity contribution >= 4 is 31.7 Å². The number of H-pyrrole nitrogens is 1. The summed E-state index contributed by atoms with van der Waals surface area (Å²) in [6, 6.07) is 12.7. The van der Waals surface area contributed by atoms with Crippen LogP contribution in [-0.4, -0.2) is 34.8 Å². The van der Waals surface area contributed by atoms with Gasteiger partial charge in [-0.1, -0.05) is 30.3 Å². The summed E-state index contributed by atoms with van der Waals surface area (Å²) in [6.07, 6.45) is 1.15. The third-order valence-corrected chi connectivity index (χ3v) is 4.61. The second kappa shape index (κ2) is 6.70. The van der Waals surface area contributed by atoms with Crippen LogP contribution in [0.25, 0.3) is 11.3 Å². The molecule has 0 saturated carbocycles. The number of anilines is 1. The molecule has 0 unspecified atom stereocenters. The summed E-state index contributed by atoms with van der Waals surface area (Å²) in [5.74, 6) is 0.577. The van der Waals surface area contributed by atoms with Gasteiger partial charge >= 0.3 is 0 Å². The number of rotatable bonds is 5. The highest BCUT2D eigenvalue weighted by Crippen LogP contribution is 2.20. The van der Waals surface area contributed by atoms with E-state index in [4.69, 9.17) is 0 Å². The molecule has 124 valence electrons.